The molecule has 1 aliphatic carbocycles. The molecule has 4 heterocycles. The number of nitrogens with one attached hydrogen (secondary N) is 2. The second-order valence-electron chi connectivity index (χ2n) is 9.44. The first-order valence-corrected chi connectivity index (χ1v) is 12.0. The lowest BCUT2D eigenvalue weighted by Crippen LogP contribution is -2.36. The maximum atomic E-state index is 13.7. The van der Waals surface area contributed by atoms with E-state index < -0.39 is 24.1 Å². The molecule has 1 saturated heterocycles. The molecule has 188 valence electrons. The highest BCUT2D eigenvalue weighted by Crippen LogP contribution is 2.30. The number of anilines is 2. The first-order chi connectivity index (χ1) is 16.9. The summed E-state index contributed by atoms with van der Waals surface area (Å²) in [6.45, 7) is 1.72. The summed E-state index contributed by atoms with van der Waals surface area (Å²) >= 11 is 0. The van der Waals surface area contributed by atoms with Gasteiger partial charge in [0.1, 0.15) is 11.4 Å². The first kappa shape index (κ1) is 23.6. The minimum atomic E-state index is -2.82. The number of likely N-dealkylation sites (tertiary alicyclic amines) is 1. The number of rotatable bonds is 6. The van der Waals surface area contributed by atoms with Crippen molar-refractivity contribution >= 4 is 23.1 Å². The number of aliphatic hydroxyl groups is 1. The molecule has 2 atom stereocenters. The van der Waals surface area contributed by atoms with E-state index in [0.29, 0.717) is 11.5 Å². The van der Waals surface area contributed by atoms with Crippen molar-refractivity contribution in [1.29, 1.82) is 0 Å². The number of carbonyl (C=O) groups excluding carboxylic acids is 1. The van der Waals surface area contributed by atoms with Crippen molar-refractivity contribution in [3.8, 4) is 0 Å². The van der Waals surface area contributed by atoms with Gasteiger partial charge >= 0.3 is 0 Å². The lowest BCUT2D eigenvalue weighted by molar-refractivity contribution is 0.102. The Balaban J connectivity index is 1.36. The van der Waals surface area contributed by atoms with Crippen LogP contribution in [0.3, 0.4) is 0 Å². The SMILES string of the molecule is CN1CCC(n2cc(NC(=O)c3cnn4ccc(N[C@@H]5CCCC[C@@H]5O)nc34)c(C(F)F)n2)CC1. The Bertz CT molecular complexity index is 1190. The fourth-order valence-corrected chi connectivity index (χ4v) is 4.88. The molecule has 12 heteroatoms. The van der Waals surface area contributed by atoms with Crippen LogP contribution in [0.1, 0.15) is 67.0 Å². The molecule has 2 fully saturated rings. The zero-order valence-electron chi connectivity index (χ0n) is 19.6. The predicted octanol–water partition coefficient (Wildman–Crippen LogP) is 3.10. The van der Waals surface area contributed by atoms with Crippen molar-refractivity contribution in [1.82, 2.24) is 29.3 Å². The van der Waals surface area contributed by atoms with Gasteiger partial charge in [-0.05, 0) is 51.9 Å². The van der Waals surface area contributed by atoms with E-state index in [1.807, 2.05) is 7.05 Å². The van der Waals surface area contributed by atoms with Crippen molar-refractivity contribution in [2.45, 2.75) is 63.1 Å². The van der Waals surface area contributed by atoms with Crippen LogP contribution in [0.2, 0.25) is 0 Å². The van der Waals surface area contributed by atoms with E-state index in [1.165, 1.54) is 16.9 Å². The van der Waals surface area contributed by atoms with Gasteiger partial charge in [0.25, 0.3) is 12.3 Å². The number of alkyl halides is 2. The smallest absolute Gasteiger partial charge is 0.284 e. The zero-order valence-corrected chi connectivity index (χ0v) is 19.6. The van der Waals surface area contributed by atoms with Gasteiger partial charge in [-0.3, -0.25) is 9.48 Å². The molecule has 0 spiro atoms. The van der Waals surface area contributed by atoms with Crippen molar-refractivity contribution < 1.29 is 18.7 Å². The lowest BCUT2D eigenvalue weighted by Gasteiger charge is -2.28. The lowest BCUT2D eigenvalue weighted by atomic mass is 9.93. The Labute approximate surface area is 201 Å². The second kappa shape index (κ2) is 9.86. The third kappa shape index (κ3) is 4.98. The highest BCUT2D eigenvalue weighted by Gasteiger charge is 2.27. The number of fused-ring (bicyclic) bond motifs is 1. The van der Waals surface area contributed by atoms with Gasteiger partial charge < -0.3 is 20.6 Å². The van der Waals surface area contributed by atoms with Gasteiger partial charge in [-0.15, -0.1) is 0 Å². The highest BCUT2D eigenvalue weighted by atomic mass is 19.3. The molecule has 0 unspecified atom stereocenters. The summed E-state index contributed by atoms with van der Waals surface area (Å²) in [7, 11) is 2.03. The first-order valence-electron chi connectivity index (χ1n) is 12.0. The molecule has 3 aromatic rings. The zero-order chi connectivity index (χ0) is 24.5. The predicted molar refractivity (Wildman–Crippen MR) is 126 cm³/mol. The summed E-state index contributed by atoms with van der Waals surface area (Å²) in [6, 6.07) is 1.62. The van der Waals surface area contributed by atoms with Crippen LogP contribution in [-0.2, 0) is 0 Å². The van der Waals surface area contributed by atoms with E-state index in [0.717, 1.165) is 51.6 Å². The average Bonchev–Trinajstić information content (AvgIpc) is 3.45. The van der Waals surface area contributed by atoms with Crippen LogP contribution >= 0.6 is 0 Å². The number of piperidine rings is 1. The number of nitrogens with zero attached hydrogens (tertiary/aromatic N) is 6. The summed E-state index contributed by atoms with van der Waals surface area (Å²) in [5, 5.41) is 24.4. The maximum absolute atomic E-state index is 13.7. The number of hydrogen-bond acceptors (Lipinski definition) is 7. The summed E-state index contributed by atoms with van der Waals surface area (Å²) in [5.74, 6) is -0.0754. The monoisotopic (exact) mass is 488 g/mol. The van der Waals surface area contributed by atoms with Crippen molar-refractivity contribution in [2.75, 3.05) is 30.8 Å². The molecule has 0 radical (unpaired) electrons. The number of hydrogen-bond donors (Lipinski definition) is 3. The van der Waals surface area contributed by atoms with Gasteiger partial charge in [-0.2, -0.15) is 10.2 Å². The summed E-state index contributed by atoms with van der Waals surface area (Å²) in [6.07, 6.45) is 6.43. The average molecular weight is 489 g/mol. The normalized spacial score (nSPS) is 22.1. The number of halogens is 2. The Morgan fingerprint density at radius 1 is 1.20 bits per heavy atom. The number of aliphatic hydroxyl groups excluding tert-OH is 1. The van der Waals surface area contributed by atoms with Crippen molar-refractivity contribution in [3.63, 3.8) is 0 Å². The molecule has 35 heavy (non-hydrogen) atoms. The topological polar surface area (TPSA) is 113 Å². The Morgan fingerprint density at radius 3 is 2.71 bits per heavy atom. The highest BCUT2D eigenvalue weighted by molar-refractivity contribution is 6.08. The molecule has 1 amide bonds. The van der Waals surface area contributed by atoms with Crippen LogP contribution in [0.25, 0.3) is 5.65 Å². The van der Waals surface area contributed by atoms with Crippen LogP contribution in [0.4, 0.5) is 20.3 Å². The molecule has 2 aliphatic rings. The van der Waals surface area contributed by atoms with Gasteiger partial charge in [-0.25, -0.2) is 18.3 Å². The van der Waals surface area contributed by atoms with Crippen molar-refractivity contribution in [3.05, 3.63) is 35.9 Å². The van der Waals surface area contributed by atoms with Gasteiger partial charge in [0, 0.05) is 12.4 Å². The number of carbonyl (C=O) groups is 1. The minimum Gasteiger partial charge on any atom is -0.391 e. The molecule has 0 aromatic carbocycles. The van der Waals surface area contributed by atoms with E-state index in [-0.39, 0.29) is 23.3 Å². The quantitative estimate of drug-likeness (QED) is 0.489. The van der Waals surface area contributed by atoms with Crippen LogP contribution in [-0.4, -0.2) is 72.6 Å². The van der Waals surface area contributed by atoms with Gasteiger partial charge in [0.05, 0.1) is 30.1 Å². The molecule has 0 bridgehead atoms. The standard InChI is InChI=1S/C23H30F2N8O2/c1-31-9-6-14(7-10-31)33-13-17(20(30-33)21(24)25)28-23(35)15-12-26-32-11-8-19(29-22(15)32)27-16-4-2-3-5-18(16)34/h8,11-14,16,18,21,34H,2-7,9-10H2,1H3,(H,27,29)(H,28,35)/t16-,18+/m1/s1. The van der Waals surface area contributed by atoms with Crippen LogP contribution < -0.4 is 10.6 Å². The molecular weight excluding hydrogens is 458 g/mol. The molecule has 3 aromatic heterocycles. The van der Waals surface area contributed by atoms with E-state index in [2.05, 4.69) is 30.7 Å². The summed E-state index contributed by atoms with van der Waals surface area (Å²) < 4.78 is 30.5. The third-order valence-corrected chi connectivity index (χ3v) is 6.95. The fraction of sp³-hybridized carbons (Fsp3) is 0.565. The Hall–Kier alpha value is -3.12. The van der Waals surface area contributed by atoms with Crippen LogP contribution in [0.5, 0.6) is 0 Å². The maximum Gasteiger partial charge on any atom is 0.284 e. The van der Waals surface area contributed by atoms with E-state index in [1.54, 1.807) is 16.9 Å². The largest absolute Gasteiger partial charge is 0.391 e. The number of amides is 1. The molecule has 3 N–H and O–H groups in total. The number of aromatic nitrogens is 5. The minimum absolute atomic E-state index is 0.0109. The summed E-state index contributed by atoms with van der Waals surface area (Å²) in [5.41, 5.74) is -0.0116. The fourth-order valence-electron chi connectivity index (χ4n) is 4.88. The molecule has 1 saturated carbocycles. The van der Waals surface area contributed by atoms with E-state index >= 15 is 0 Å². The molecule has 1 aliphatic heterocycles. The Kier molecular flexibility index (Phi) is 6.65. The third-order valence-electron chi connectivity index (χ3n) is 6.95. The van der Waals surface area contributed by atoms with Crippen molar-refractivity contribution in [2.24, 2.45) is 0 Å². The second-order valence-corrected chi connectivity index (χ2v) is 9.44. The molecule has 5 rings (SSSR count). The van der Waals surface area contributed by atoms with Gasteiger partial charge in [0.2, 0.25) is 0 Å². The van der Waals surface area contributed by atoms with Gasteiger partial charge in [-0.1, -0.05) is 12.8 Å². The van der Waals surface area contributed by atoms with Gasteiger partial charge in [0.15, 0.2) is 11.3 Å². The molecular formula is C23H30F2N8O2. The van der Waals surface area contributed by atoms with E-state index in [4.69, 9.17) is 0 Å². The van der Waals surface area contributed by atoms with Crippen LogP contribution in [0, 0.1) is 0 Å². The van der Waals surface area contributed by atoms with E-state index in [9.17, 15) is 18.7 Å². The van der Waals surface area contributed by atoms with Crippen LogP contribution in [0.15, 0.2) is 24.7 Å². The Morgan fingerprint density at radius 2 is 1.97 bits per heavy atom. The summed E-state index contributed by atoms with van der Waals surface area (Å²) in [4.78, 5) is 19.8. The molecule has 10 nitrogen and oxygen atoms in total.